The van der Waals surface area contributed by atoms with Gasteiger partial charge >= 0.3 is 6.01 Å². The minimum Gasteiger partial charge on any atom is -0.367 e. The lowest BCUT2D eigenvalue weighted by atomic mass is 9.79. The predicted molar refractivity (Wildman–Crippen MR) is 77.7 cm³/mol. The van der Waals surface area contributed by atoms with Crippen LogP contribution < -0.4 is 10.2 Å². The Hall–Kier alpha value is -1.85. The normalized spacial score (nSPS) is 32.2. The SMILES string of the molecule is C=NC(=C)N[C@@H]1C2CC[C@@]1(C)CN(c1nc(C)no1)C2. The molecule has 2 fully saturated rings. The van der Waals surface area contributed by atoms with Gasteiger partial charge in [-0.2, -0.15) is 4.98 Å². The van der Waals surface area contributed by atoms with Crippen LogP contribution in [0.1, 0.15) is 25.6 Å². The van der Waals surface area contributed by atoms with E-state index < -0.39 is 0 Å². The smallest absolute Gasteiger partial charge is 0.324 e. The molecule has 2 bridgehead atoms. The van der Waals surface area contributed by atoms with E-state index in [1.807, 2.05) is 6.92 Å². The molecule has 1 N–H and O–H groups in total. The Bertz CT molecular complexity index is 539. The molecule has 1 saturated carbocycles. The quantitative estimate of drug-likeness (QED) is 0.848. The molecule has 1 unspecified atom stereocenters. The van der Waals surface area contributed by atoms with E-state index in [0.717, 1.165) is 13.1 Å². The second kappa shape index (κ2) is 4.61. The number of piperidine rings is 1. The number of fused-ring (bicyclic) bond motifs is 2. The zero-order valence-electron chi connectivity index (χ0n) is 12.1. The Morgan fingerprint density at radius 1 is 1.60 bits per heavy atom. The summed E-state index contributed by atoms with van der Waals surface area (Å²) in [5.41, 5.74) is 0.166. The lowest BCUT2D eigenvalue weighted by molar-refractivity contribution is 0.201. The van der Waals surface area contributed by atoms with Gasteiger partial charge in [0, 0.05) is 24.5 Å². The van der Waals surface area contributed by atoms with E-state index >= 15 is 0 Å². The standard InChI is InChI=1S/C14H21N5O/c1-9(15-4)16-12-11-5-6-14(12,3)8-19(7-11)13-17-10(2)18-20-13/h11-12,16H,1,4-8H2,2-3H3/t11?,12-,14+/m1/s1. The Balaban J connectivity index is 1.79. The van der Waals surface area contributed by atoms with Crippen molar-refractivity contribution in [3.63, 3.8) is 0 Å². The third-order valence-electron chi connectivity index (χ3n) is 4.62. The molecule has 1 aliphatic carbocycles. The molecule has 0 spiro atoms. The summed E-state index contributed by atoms with van der Waals surface area (Å²) in [4.78, 5) is 10.4. The van der Waals surface area contributed by atoms with Gasteiger partial charge in [-0.05, 0) is 32.4 Å². The molecule has 0 amide bonds. The van der Waals surface area contributed by atoms with Gasteiger partial charge in [-0.1, -0.05) is 18.7 Å². The first-order valence-corrected chi connectivity index (χ1v) is 6.99. The Morgan fingerprint density at radius 2 is 2.40 bits per heavy atom. The van der Waals surface area contributed by atoms with Crippen molar-refractivity contribution in [1.82, 2.24) is 15.5 Å². The highest BCUT2D eigenvalue weighted by atomic mass is 16.5. The van der Waals surface area contributed by atoms with Crippen molar-refractivity contribution in [2.75, 3.05) is 18.0 Å². The number of hydrogen-bond acceptors (Lipinski definition) is 6. The molecule has 1 aromatic heterocycles. The molecule has 0 aromatic carbocycles. The summed E-state index contributed by atoms with van der Waals surface area (Å²) in [7, 11) is 0. The van der Waals surface area contributed by atoms with Gasteiger partial charge in [-0.15, -0.1) is 0 Å². The van der Waals surface area contributed by atoms with Gasteiger partial charge < -0.3 is 14.7 Å². The van der Waals surface area contributed by atoms with Crippen molar-refractivity contribution in [2.24, 2.45) is 16.3 Å². The molecule has 20 heavy (non-hydrogen) atoms. The number of nitrogens with one attached hydrogen (secondary N) is 1. The van der Waals surface area contributed by atoms with E-state index in [4.69, 9.17) is 4.52 Å². The molecule has 1 saturated heterocycles. The highest BCUT2D eigenvalue weighted by Crippen LogP contribution is 2.47. The van der Waals surface area contributed by atoms with Crippen LogP contribution in [0, 0.1) is 18.3 Å². The molecule has 0 radical (unpaired) electrons. The van der Waals surface area contributed by atoms with Crippen molar-refractivity contribution in [3.05, 3.63) is 18.2 Å². The minimum atomic E-state index is 0.166. The van der Waals surface area contributed by atoms with Crippen LogP contribution >= 0.6 is 0 Å². The van der Waals surface area contributed by atoms with E-state index in [9.17, 15) is 0 Å². The predicted octanol–water partition coefficient (Wildman–Crippen LogP) is 1.74. The monoisotopic (exact) mass is 275 g/mol. The molecule has 1 aliphatic heterocycles. The summed E-state index contributed by atoms with van der Waals surface area (Å²) in [6, 6.07) is 1.03. The van der Waals surface area contributed by atoms with Crippen LogP contribution in [-0.2, 0) is 0 Å². The maximum absolute atomic E-state index is 5.31. The number of aliphatic imine (C=N–C) groups is 1. The minimum absolute atomic E-state index is 0.166. The molecular formula is C14H21N5O. The molecule has 1 aromatic rings. The van der Waals surface area contributed by atoms with E-state index in [1.54, 1.807) is 0 Å². The number of nitrogens with zero attached hydrogens (tertiary/aromatic N) is 4. The first-order valence-electron chi connectivity index (χ1n) is 6.99. The van der Waals surface area contributed by atoms with E-state index in [1.165, 1.54) is 12.8 Å². The first kappa shape index (κ1) is 13.1. The number of aromatic nitrogens is 2. The Morgan fingerprint density at radius 3 is 3.00 bits per heavy atom. The van der Waals surface area contributed by atoms with Gasteiger partial charge in [0.15, 0.2) is 5.82 Å². The lowest BCUT2D eigenvalue weighted by Gasteiger charge is -2.44. The summed E-state index contributed by atoms with van der Waals surface area (Å²) < 4.78 is 5.31. The van der Waals surface area contributed by atoms with Crippen molar-refractivity contribution in [1.29, 1.82) is 0 Å². The summed E-state index contributed by atoms with van der Waals surface area (Å²) >= 11 is 0. The van der Waals surface area contributed by atoms with Crippen LogP contribution in [0.4, 0.5) is 6.01 Å². The molecule has 2 heterocycles. The van der Waals surface area contributed by atoms with Crippen LogP contribution in [0.3, 0.4) is 0 Å². The van der Waals surface area contributed by atoms with Crippen LogP contribution in [-0.4, -0.2) is 36.0 Å². The lowest BCUT2D eigenvalue weighted by Crippen LogP contribution is -2.56. The molecular weight excluding hydrogens is 254 g/mol. The average Bonchev–Trinajstić information content (AvgIpc) is 2.91. The third kappa shape index (κ3) is 2.09. The Kier molecular flexibility index (Phi) is 3.03. The average molecular weight is 275 g/mol. The molecule has 3 rings (SSSR count). The Labute approximate surface area is 118 Å². The summed E-state index contributed by atoms with van der Waals surface area (Å²) in [6.45, 7) is 13.4. The van der Waals surface area contributed by atoms with Gasteiger partial charge in [-0.3, -0.25) is 0 Å². The van der Waals surface area contributed by atoms with Crippen molar-refractivity contribution < 1.29 is 4.52 Å². The van der Waals surface area contributed by atoms with Crippen molar-refractivity contribution >= 4 is 12.7 Å². The summed E-state index contributed by atoms with van der Waals surface area (Å²) in [5, 5.41) is 7.32. The fourth-order valence-electron chi connectivity index (χ4n) is 3.64. The molecule has 2 aliphatic rings. The van der Waals surface area contributed by atoms with Crippen molar-refractivity contribution in [2.45, 2.75) is 32.7 Å². The van der Waals surface area contributed by atoms with Crippen LogP contribution in [0.25, 0.3) is 0 Å². The van der Waals surface area contributed by atoms with Gasteiger partial charge in [0.1, 0.15) is 5.82 Å². The van der Waals surface area contributed by atoms with E-state index in [-0.39, 0.29) is 5.41 Å². The maximum atomic E-state index is 5.31. The highest BCUT2D eigenvalue weighted by Gasteiger charge is 2.51. The van der Waals surface area contributed by atoms with Gasteiger partial charge in [0.05, 0.1) is 0 Å². The number of hydrogen-bond donors (Lipinski definition) is 1. The zero-order chi connectivity index (χ0) is 14.3. The topological polar surface area (TPSA) is 66.6 Å². The van der Waals surface area contributed by atoms with Crippen LogP contribution in [0.2, 0.25) is 0 Å². The largest absolute Gasteiger partial charge is 0.367 e. The number of rotatable bonds is 4. The summed E-state index contributed by atoms with van der Waals surface area (Å²) in [5.74, 6) is 1.89. The van der Waals surface area contributed by atoms with Crippen LogP contribution in [0.15, 0.2) is 21.9 Å². The first-order chi connectivity index (χ1) is 9.51. The third-order valence-corrected chi connectivity index (χ3v) is 4.62. The van der Waals surface area contributed by atoms with Gasteiger partial charge in [0.2, 0.25) is 0 Å². The summed E-state index contributed by atoms with van der Waals surface area (Å²) in [6.07, 6.45) is 2.38. The van der Waals surface area contributed by atoms with E-state index in [0.29, 0.717) is 29.6 Å². The van der Waals surface area contributed by atoms with Crippen molar-refractivity contribution in [3.8, 4) is 0 Å². The maximum Gasteiger partial charge on any atom is 0.324 e. The number of aryl methyl sites for hydroxylation is 1. The number of anilines is 1. The zero-order valence-corrected chi connectivity index (χ0v) is 12.1. The molecule has 108 valence electrons. The van der Waals surface area contributed by atoms with Gasteiger partial charge in [0.25, 0.3) is 0 Å². The second-order valence-electron chi connectivity index (χ2n) is 6.18. The molecule has 6 nitrogen and oxygen atoms in total. The van der Waals surface area contributed by atoms with Crippen LogP contribution in [0.5, 0.6) is 0 Å². The fourth-order valence-corrected chi connectivity index (χ4v) is 3.64. The fraction of sp³-hybridized carbons (Fsp3) is 0.643. The molecule has 3 atom stereocenters. The van der Waals surface area contributed by atoms with Gasteiger partial charge in [-0.25, -0.2) is 4.99 Å². The molecule has 6 heteroatoms. The second-order valence-corrected chi connectivity index (χ2v) is 6.18. The highest BCUT2D eigenvalue weighted by molar-refractivity contribution is 5.32. The van der Waals surface area contributed by atoms with E-state index in [2.05, 4.69) is 45.6 Å².